The van der Waals surface area contributed by atoms with Crippen molar-refractivity contribution in [1.82, 2.24) is 23.8 Å². The van der Waals surface area contributed by atoms with Crippen LogP contribution in [-0.4, -0.2) is 23.8 Å². The van der Waals surface area contributed by atoms with E-state index in [9.17, 15) is 0 Å². The molecule has 10 rings (SSSR count). The van der Waals surface area contributed by atoms with Crippen LogP contribution in [0.4, 0.5) is 0 Å². The summed E-state index contributed by atoms with van der Waals surface area (Å²) >= 11 is 0. The molecule has 0 N–H and O–H groups in total. The maximum absolute atomic E-state index is 6.42. The van der Waals surface area contributed by atoms with Crippen LogP contribution < -0.4 is 4.74 Å². The van der Waals surface area contributed by atoms with Gasteiger partial charge in [-0.3, -0.25) is 9.97 Å². The third kappa shape index (κ3) is 4.41. The molecule has 7 heteroatoms. The van der Waals surface area contributed by atoms with Gasteiger partial charge in [-0.05, 0) is 34.0 Å². The molecule has 0 amide bonds. The molecule has 228 valence electrons. The van der Waals surface area contributed by atoms with E-state index in [-0.39, 0.29) is 21.1 Å². The normalized spacial score (nSPS) is 11.6. The van der Waals surface area contributed by atoms with Crippen LogP contribution in [0.1, 0.15) is 0 Å². The van der Waals surface area contributed by atoms with E-state index in [1.807, 2.05) is 59.4 Å². The first-order valence-corrected chi connectivity index (χ1v) is 15.4. The zero-order valence-corrected chi connectivity index (χ0v) is 27.5. The molecule has 0 aliphatic heterocycles. The molecular formula is C41H23N5OPt. The fourth-order valence-electron chi connectivity index (χ4n) is 6.71. The van der Waals surface area contributed by atoms with Gasteiger partial charge >= 0.3 is 21.1 Å². The molecule has 0 unspecified atom stereocenters. The average molecular weight is 797 g/mol. The molecule has 0 aliphatic rings. The first-order chi connectivity index (χ1) is 23.3. The van der Waals surface area contributed by atoms with Crippen LogP contribution in [0.2, 0.25) is 0 Å². The second-order valence-corrected chi connectivity index (χ2v) is 11.6. The van der Waals surface area contributed by atoms with Crippen molar-refractivity contribution in [2.75, 3.05) is 0 Å². The van der Waals surface area contributed by atoms with E-state index in [1.165, 1.54) is 5.56 Å². The summed E-state index contributed by atoms with van der Waals surface area (Å²) in [6, 6.07) is 46.5. The molecule has 0 fully saturated rings. The molecule has 0 spiro atoms. The van der Waals surface area contributed by atoms with Crippen LogP contribution >= 0.6 is 0 Å². The molecule has 0 bridgehead atoms. The number of pyridine rings is 3. The van der Waals surface area contributed by atoms with Crippen LogP contribution in [0.5, 0.6) is 11.5 Å². The first-order valence-electron chi connectivity index (χ1n) is 15.4. The average Bonchev–Trinajstić information content (AvgIpc) is 3.84. The third-order valence-electron chi connectivity index (χ3n) is 8.90. The minimum Gasteiger partial charge on any atom is -0.497 e. The summed E-state index contributed by atoms with van der Waals surface area (Å²) in [7, 11) is 0. The van der Waals surface area contributed by atoms with Gasteiger partial charge in [0.1, 0.15) is 5.65 Å². The Morgan fingerprint density at radius 1 is 0.500 bits per heavy atom. The van der Waals surface area contributed by atoms with Gasteiger partial charge in [0.05, 0.1) is 17.0 Å². The number of rotatable bonds is 4. The first kappa shape index (κ1) is 28.4. The predicted octanol–water partition coefficient (Wildman–Crippen LogP) is 9.71. The molecule has 6 nitrogen and oxygen atoms in total. The van der Waals surface area contributed by atoms with Crippen molar-refractivity contribution < 1.29 is 25.8 Å². The summed E-state index contributed by atoms with van der Waals surface area (Å²) in [6.07, 6.45) is 7.58. The van der Waals surface area contributed by atoms with Crippen molar-refractivity contribution in [2.45, 2.75) is 0 Å². The van der Waals surface area contributed by atoms with Crippen LogP contribution in [0.15, 0.2) is 140 Å². The van der Waals surface area contributed by atoms with Crippen LogP contribution in [0, 0.1) is 12.1 Å². The van der Waals surface area contributed by atoms with Gasteiger partial charge in [0.15, 0.2) is 0 Å². The molecule has 0 atom stereocenters. The Morgan fingerprint density at radius 2 is 1.08 bits per heavy atom. The number of aromatic nitrogens is 5. The van der Waals surface area contributed by atoms with Crippen molar-refractivity contribution in [2.24, 2.45) is 0 Å². The van der Waals surface area contributed by atoms with Gasteiger partial charge in [-0.15, -0.1) is 12.1 Å². The van der Waals surface area contributed by atoms with E-state index in [1.54, 1.807) is 6.20 Å². The standard InChI is InChI=1S/C41H23N5O.Pt/c1-3-7-26(8-4-1)28-11-14-33-31-15-12-29(24-35(31)39-42-19-21-45(39)38(33)23-28)47-30-13-16-32-34-17-18-37(27-9-5-2-6-10-27)44-41(34)46-22-20-43-40(46)36(32)25-30;/h1-23H;/q-2;+2. The zero-order valence-electron chi connectivity index (χ0n) is 25.2. The summed E-state index contributed by atoms with van der Waals surface area (Å²) in [5.74, 6) is 1.17. The Labute approximate surface area is 289 Å². The molecule has 5 heterocycles. The van der Waals surface area contributed by atoms with E-state index >= 15 is 0 Å². The van der Waals surface area contributed by atoms with E-state index < -0.39 is 0 Å². The van der Waals surface area contributed by atoms with E-state index in [2.05, 4.69) is 100 Å². The van der Waals surface area contributed by atoms with E-state index in [4.69, 9.17) is 14.7 Å². The van der Waals surface area contributed by atoms with Gasteiger partial charge in [-0.2, -0.15) is 0 Å². The smallest absolute Gasteiger partial charge is 0.497 e. The summed E-state index contributed by atoms with van der Waals surface area (Å²) in [5, 5.41) is 6.00. The molecule has 48 heavy (non-hydrogen) atoms. The summed E-state index contributed by atoms with van der Waals surface area (Å²) in [4.78, 5) is 14.5. The molecule has 0 saturated carbocycles. The number of benzene rings is 5. The number of hydrogen-bond donors (Lipinski definition) is 0. The quantitative estimate of drug-likeness (QED) is 0.132. The second-order valence-electron chi connectivity index (χ2n) is 11.6. The maximum atomic E-state index is 6.42. The van der Waals surface area contributed by atoms with Gasteiger partial charge in [-0.25, -0.2) is 4.98 Å². The minimum absolute atomic E-state index is 0. The Bertz CT molecular complexity index is 2630. The number of fused-ring (bicyclic) bond motifs is 12. The van der Waals surface area contributed by atoms with Crippen molar-refractivity contribution in [3.63, 3.8) is 0 Å². The maximum Gasteiger partial charge on any atom is 2.00 e. The monoisotopic (exact) mass is 796 g/mol. The number of imidazole rings is 2. The van der Waals surface area contributed by atoms with Gasteiger partial charge in [0.2, 0.25) is 0 Å². The van der Waals surface area contributed by atoms with Crippen molar-refractivity contribution in [3.05, 3.63) is 152 Å². The Kier molecular flexibility index (Phi) is 6.59. The van der Waals surface area contributed by atoms with Gasteiger partial charge in [0.25, 0.3) is 0 Å². The van der Waals surface area contributed by atoms with Crippen molar-refractivity contribution in [1.29, 1.82) is 0 Å². The third-order valence-corrected chi connectivity index (χ3v) is 8.90. The summed E-state index contributed by atoms with van der Waals surface area (Å²) in [6.45, 7) is 0. The van der Waals surface area contributed by atoms with Crippen LogP contribution in [0.3, 0.4) is 0 Å². The van der Waals surface area contributed by atoms with Crippen molar-refractivity contribution >= 4 is 54.8 Å². The molecule has 10 aromatic rings. The van der Waals surface area contributed by atoms with Gasteiger partial charge in [0, 0.05) is 47.4 Å². The molecule has 5 aromatic carbocycles. The Balaban J connectivity index is 0.00000314. The predicted molar refractivity (Wildman–Crippen MR) is 187 cm³/mol. The topological polar surface area (TPSA) is 56.7 Å². The molecule has 5 aromatic heterocycles. The molecule has 0 radical (unpaired) electrons. The largest absolute Gasteiger partial charge is 2.00 e. The Morgan fingerprint density at radius 3 is 1.79 bits per heavy atom. The van der Waals surface area contributed by atoms with E-state index in [0.29, 0.717) is 11.5 Å². The number of hydrogen-bond acceptors (Lipinski definition) is 4. The zero-order chi connectivity index (χ0) is 30.9. The Hall–Kier alpha value is -5.84. The number of ether oxygens (including phenoxy) is 1. The summed E-state index contributed by atoms with van der Waals surface area (Å²) in [5.41, 5.74) is 7.88. The fraction of sp³-hybridized carbons (Fsp3) is 0. The van der Waals surface area contributed by atoms with Gasteiger partial charge in [-0.1, -0.05) is 125 Å². The molecule has 0 aliphatic carbocycles. The van der Waals surface area contributed by atoms with E-state index in [0.717, 1.165) is 71.6 Å². The summed E-state index contributed by atoms with van der Waals surface area (Å²) < 4.78 is 10.6. The SMILES string of the molecule is [Pt+2].[c-]1c(Oc2[c-]c3c(cc2)c2ccc(-c4ccccc4)nc2n2ccnc32)ccc2c1c1nccn1c1cc(-c3ccccc3)ccc21. The number of nitrogens with zero attached hydrogens (tertiary/aromatic N) is 5. The van der Waals surface area contributed by atoms with Crippen molar-refractivity contribution in [3.8, 4) is 33.9 Å². The molecular weight excluding hydrogens is 774 g/mol. The second kappa shape index (κ2) is 11.1. The fourth-order valence-corrected chi connectivity index (χ4v) is 6.71. The van der Waals surface area contributed by atoms with Crippen LogP contribution in [-0.2, 0) is 21.1 Å². The van der Waals surface area contributed by atoms with Crippen LogP contribution in [0.25, 0.3) is 77.2 Å². The van der Waals surface area contributed by atoms with Gasteiger partial charge < -0.3 is 13.5 Å². The minimum atomic E-state index is 0. The molecule has 0 saturated heterocycles.